The number of fused-ring (bicyclic) bond motifs is 1. The minimum Gasteiger partial charge on any atom is -0.490 e. The van der Waals surface area contributed by atoms with E-state index in [-0.39, 0.29) is 19.1 Å². The maximum atomic E-state index is 11.9. The molecule has 0 atom stereocenters. The zero-order valence-electron chi connectivity index (χ0n) is 21.6. The SMILES string of the molecule is CNC(=O)c1cc(Oc2ccc3c(c2)nc(Nc2ccc(OC(C)C)c(-c4cccnc4)c2)n3C)ccn1.[HH]. The summed E-state index contributed by atoms with van der Waals surface area (Å²) < 4.78 is 14.0. The van der Waals surface area contributed by atoms with Crippen molar-refractivity contribution in [2.45, 2.75) is 20.0 Å². The number of aromatic nitrogens is 4. The van der Waals surface area contributed by atoms with E-state index in [9.17, 15) is 4.79 Å². The number of benzene rings is 2. The van der Waals surface area contributed by atoms with E-state index in [0.29, 0.717) is 17.4 Å². The quantitative estimate of drug-likeness (QED) is 0.265. The Kier molecular flexibility index (Phi) is 6.90. The summed E-state index contributed by atoms with van der Waals surface area (Å²) >= 11 is 0. The smallest absolute Gasteiger partial charge is 0.269 e. The van der Waals surface area contributed by atoms with Gasteiger partial charge >= 0.3 is 0 Å². The Balaban J connectivity index is 0.00000353. The first-order valence-corrected chi connectivity index (χ1v) is 12.2. The van der Waals surface area contributed by atoms with E-state index in [1.54, 1.807) is 31.6 Å². The Morgan fingerprint density at radius 2 is 1.87 bits per heavy atom. The average Bonchev–Trinajstić information content (AvgIpc) is 3.23. The van der Waals surface area contributed by atoms with Gasteiger partial charge in [0.15, 0.2) is 0 Å². The first-order valence-electron chi connectivity index (χ1n) is 12.2. The lowest BCUT2D eigenvalue weighted by atomic mass is 10.1. The Hall–Kier alpha value is -4.92. The molecule has 9 nitrogen and oxygen atoms in total. The summed E-state index contributed by atoms with van der Waals surface area (Å²) in [5, 5.41) is 5.99. The predicted octanol–water partition coefficient (Wildman–Crippen LogP) is 5.96. The molecule has 2 aromatic carbocycles. The van der Waals surface area contributed by atoms with Crippen LogP contribution < -0.4 is 20.1 Å². The fourth-order valence-electron chi connectivity index (χ4n) is 4.06. The number of nitrogens with one attached hydrogen (secondary N) is 2. The maximum absolute atomic E-state index is 11.9. The molecular weight excluding hydrogens is 480 g/mol. The van der Waals surface area contributed by atoms with Crippen molar-refractivity contribution in [2.24, 2.45) is 7.05 Å². The number of pyridine rings is 2. The fourth-order valence-corrected chi connectivity index (χ4v) is 4.06. The number of ether oxygens (including phenoxy) is 2. The van der Waals surface area contributed by atoms with Crippen molar-refractivity contribution in [1.82, 2.24) is 24.8 Å². The van der Waals surface area contributed by atoms with Gasteiger partial charge in [0.25, 0.3) is 5.91 Å². The Morgan fingerprint density at radius 1 is 1.03 bits per heavy atom. The number of amides is 1. The predicted molar refractivity (Wildman–Crippen MR) is 149 cm³/mol. The number of imidazole rings is 1. The second kappa shape index (κ2) is 10.6. The van der Waals surface area contributed by atoms with Crippen LogP contribution in [0.15, 0.2) is 79.3 Å². The van der Waals surface area contributed by atoms with Crippen LogP contribution in [0.5, 0.6) is 17.2 Å². The second-order valence-corrected chi connectivity index (χ2v) is 8.95. The fraction of sp³-hybridized carbons (Fsp3) is 0.172. The molecule has 0 radical (unpaired) electrons. The van der Waals surface area contributed by atoms with E-state index in [2.05, 4.69) is 20.6 Å². The third kappa shape index (κ3) is 5.27. The highest BCUT2D eigenvalue weighted by atomic mass is 16.5. The van der Waals surface area contributed by atoms with E-state index < -0.39 is 0 Å². The lowest BCUT2D eigenvalue weighted by Crippen LogP contribution is -2.18. The van der Waals surface area contributed by atoms with Crippen LogP contribution in [0, 0.1) is 0 Å². The lowest BCUT2D eigenvalue weighted by molar-refractivity contribution is 0.0958. The molecule has 5 aromatic rings. The summed E-state index contributed by atoms with van der Waals surface area (Å²) in [6, 6.07) is 18.9. The molecule has 194 valence electrons. The molecule has 0 bridgehead atoms. The van der Waals surface area contributed by atoms with Gasteiger partial charge in [0.1, 0.15) is 22.9 Å². The number of rotatable bonds is 8. The number of hydrogen-bond donors (Lipinski definition) is 2. The van der Waals surface area contributed by atoms with Crippen LogP contribution in [0.3, 0.4) is 0 Å². The van der Waals surface area contributed by atoms with Crippen LogP contribution in [0.4, 0.5) is 11.6 Å². The third-order valence-corrected chi connectivity index (χ3v) is 5.85. The molecular formula is C29H30N6O3. The molecule has 0 unspecified atom stereocenters. The molecule has 2 N–H and O–H groups in total. The number of nitrogens with zero attached hydrogens (tertiary/aromatic N) is 4. The first kappa shape index (κ1) is 24.8. The molecule has 1 amide bonds. The Labute approximate surface area is 222 Å². The molecule has 0 spiro atoms. The van der Waals surface area contributed by atoms with E-state index in [1.807, 2.05) is 80.2 Å². The van der Waals surface area contributed by atoms with Crippen molar-refractivity contribution in [3.8, 4) is 28.4 Å². The number of aryl methyl sites for hydroxylation is 1. The van der Waals surface area contributed by atoms with Gasteiger partial charge in [0, 0.05) is 63.1 Å². The molecule has 0 aliphatic rings. The van der Waals surface area contributed by atoms with E-state index >= 15 is 0 Å². The van der Waals surface area contributed by atoms with Gasteiger partial charge in [-0.1, -0.05) is 6.07 Å². The molecule has 0 aliphatic heterocycles. The minimum absolute atomic E-state index is 0. The van der Waals surface area contributed by atoms with Crippen LogP contribution >= 0.6 is 0 Å². The topological polar surface area (TPSA) is 103 Å². The molecule has 3 aromatic heterocycles. The van der Waals surface area contributed by atoms with Gasteiger partial charge in [-0.3, -0.25) is 14.8 Å². The summed E-state index contributed by atoms with van der Waals surface area (Å²) in [6.07, 6.45) is 5.16. The van der Waals surface area contributed by atoms with Crippen LogP contribution in [0.1, 0.15) is 25.8 Å². The summed E-state index contributed by atoms with van der Waals surface area (Å²) in [4.78, 5) is 25.0. The number of carbonyl (C=O) groups excluding carboxylic acids is 1. The Bertz CT molecular complexity index is 1600. The minimum atomic E-state index is -0.276. The Morgan fingerprint density at radius 3 is 2.63 bits per heavy atom. The van der Waals surface area contributed by atoms with Gasteiger partial charge in [-0.25, -0.2) is 4.98 Å². The first-order chi connectivity index (χ1) is 18.4. The lowest BCUT2D eigenvalue weighted by Gasteiger charge is -2.16. The zero-order chi connectivity index (χ0) is 26.6. The van der Waals surface area contributed by atoms with Gasteiger partial charge in [0.2, 0.25) is 5.95 Å². The van der Waals surface area contributed by atoms with Gasteiger partial charge in [-0.2, -0.15) is 0 Å². The third-order valence-electron chi connectivity index (χ3n) is 5.85. The molecule has 0 aliphatic carbocycles. The van der Waals surface area contributed by atoms with Crippen molar-refractivity contribution in [3.05, 3.63) is 84.9 Å². The maximum Gasteiger partial charge on any atom is 0.269 e. The van der Waals surface area contributed by atoms with Gasteiger partial charge < -0.3 is 24.7 Å². The van der Waals surface area contributed by atoms with E-state index in [0.717, 1.165) is 33.6 Å². The summed E-state index contributed by atoms with van der Waals surface area (Å²) in [5.41, 5.74) is 4.77. The van der Waals surface area contributed by atoms with Crippen LogP contribution in [0.25, 0.3) is 22.2 Å². The van der Waals surface area contributed by atoms with Crippen molar-refractivity contribution in [3.63, 3.8) is 0 Å². The van der Waals surface area contributed by atoms with Crippen molar-refractivity contribution in [2.75, 3.05) is 12.4 Å². The molecule has 0 saturated carbocycles. The number of carbonyl (C=O) groups is 1. The van der Waals surface area contributed by atoms with Crippen LogP contribution in [-0.2, 0) is 7.05 Å². The van der Waals surface area contributed by atoms with Crippen molar-refractivity contribution >= 4 is 28.6 Å². The molecule has 38 heavy (non-hydrogen) atoms. The van der Waals surface area contributed by atoms with Crippen molar-refractivity contribution < 1.29 is 15.7 Å². The summed E-state index contributed by atoms with van der Waals surface area (Å²) in [6.45, 7) is 4.01. The van der Waals surface area contributed by atoms with E-state index in [4.69, 9.17) is 14.5 Å². The van der Waals surface area contributed by atoms with Gasteiger partial charge in [0.05, 0.1) is 17.1 Å². The zero-order valence-corrected chi connectivity index (χ0v) is 21.6. The highest BCUT2D eigenvalue weighted by molar-refractivity contribution is 5.92. The molecule has 3 heterocycles. The van der Waals surface area contributed by atoms with Crippen LogP contribution in [-0.4, -0.2) is 38.6 Å². The van der Waals surface area contributed by atoms with Gasteiger partial charge in [-0.15, -0.1) is 0 Å². The normalized spacial score (nSPS) is 11.0. The molecule has 5 rings (SSSR count). The number of anilines is 2. The van der Waals surface area contributed by atoms with Crippen LogP contribution in [0.2, 0.25) is 0 Å². The largest absolute Gasteiger partial charge is 0.490 e. The summed E-state index contributed by atoms with van der Waals surface area (Å²) in [5.74, 6) is 2.31. The summed E-state index contributed by atoms with van der Waals surface area (Å²) in [7, 11) is 3.51. The van der Waals surface area contributed by atoms with E-state index in [1.165, 1.54) is 0 Å². The van der Waals surface area contributed by atoms with Gasteiger partial charge in [-0.05, 0) is 56.3 Å². The highest BCUT2D eigenvalue weighted by Crippen LogP contribution is 2.34. The molecule has 0 saturated heterocycles. The highest BCUT2D eigenvalue weighted by Gasteiger charge is 2.14. The molecule has 9 heteroatoms. The standard InChI is InChI=1S/C29H28N6O3.H2/c1-18(2)37-27-10-7-20(14-23(27)19-6-5-12-31-17-19)33-29-34-24-15-21(8-9-26(24)35(29)4)38-22-11-13-32-25(16-22)28(36)30-3;/h5-18H,1-4H3,(H,30,36)(H,33,34);1H. The average molecular weight is 511 g/mol. The second-order valence-electron chi connectivity index (χ2n) is 8.95. The van der Waals surface area contributed by atoms with Crippen molar-refractivity contribution in [1.29, 1.82) is 0 Å². The monoisotopic (exact) mass is 510 g/mol. The number of hydrogen-bond acceptors (Lipinski definition) is 7. The molecule has 0 fully saturated rings.